The molecule has 0 aliphatic rings. The zero-order valence-corrected chi connectivity index (χ0v) is 9.28. The van der Waals surface area contributed by atoms with Crippen LogP contribution in [0.3, 0.4) is 0 Å². The van der Waals surface area contributed by atoms with Gasteiger partial charge in [-0.3, -0.25) is 0 Å². The summed E-state index contributed by atoms with van der Waals surface area (Å²) in [6.45, 7) is 0. The zero-order chi connectivity index (χ0) is 11.0. The first-order chi connectivity index (χ1) is 7.15. The summed E-state index contributed by atoms with van der Waals surface area (Å²) >= 11 is 3.18. The minimum Gasteiger partial charge on any atom is -0.464 e. The number of aromatic nitrogens is 2. The van der Waals surface area contributed by atoms with Gasteiger partial charge in [-0.2, -0.15) is 9.49 Å². The van der Waals surface area contributed by atoms with Gasteiger partial charge in [0.15, 0.2) is 5.69 Å². The van der Waals surface area contributed by atoms with E-state index in [9.17, 15) is 9.18 Å². The molecule has 0 saturated heterocycles. The Balaban J connectivity index is 2.75. The monoisotopic (exact) mass is 272 g/mol. The van der Waals surface area contributed by atoms with Gasteiger partial charge in [-0.15, -0.1) is 0 Å². The van der Waals surface area contributed by atoms with Crippen molar-refractivity contribution in [1.82, 2.24) is 9.61 Å². The SMILES string of the molecule is COC(=O)c1nn2c(F)cccc2c1Br. The van der Waals surface area contributed by atoms with Crippen LogP contribution in [0.5, 0.6) is 0 Å². The molecule has 2 aromatic rings. The van der Waals surface area contributed by atoms with Gasteiger partial charge in [0.2, 0.25) is 5.95 Å². The van der Waals surface area contributed by atoms with Crippen LogP contribution in [-0.4, -0.2) is 22.7 Å². The second-order valence-electron chi connectivity index (χ2n) is 2.80. The minimum absolute atomic E-state index is 0.0580. The van der Waals surface area contributed by atoms with Crippen LogP contribution in [0.1, 0.15) is 10.5 Å². The van der Waals surface area contributed by atoms with Gasteiger partial charge in [0.25, 0.3) is 0 Å². The van der Waals surface area contributed by atoms with E-state index >= 15 is 0 Å². The number of carbonyl (C=O) groups excluding carboxylic acids is 1. The molecule has 2 aromatic heterocycles. The molecule has 15 heavy (non-hydrogen) atoms. The summed E-state index contributed by atoms with van der Waals surface area (Å²) in [5.41, 5.74) is 0.540. The summed E-state index contributed by atoms with van der Waals surface area (Å²) < 4.78 is 19.3. The van der Waals surface area contributed by atoms with Gasteiger partial charge in [-0.05, 0) is 28.1 Å². The Kier molecular flexibility index (Phi) is 2.44. The Morgan fingerprint density at radius 1 is 1.60 bits per heavy atom. The number of methoxy groups -OCH3 is 1. The molecule has 0 atom stereocenters. The van der Waals surface area contributed by atoms with Gasteiger partial charge in [0, 0.05) is 0 Å². The molecule has 0 amide bonds. The van der Waals surface area contributed by atoms with Gasteiger partial charge < -0.3 is 4.74 Å². The molecule has 0 unspecified atom stereocenters. The van der Waals surface area contributed by atoms with E-state index in [1.165, 1.54) is 19.2 Å². The smallest absolute Gasteiger partial charge is 0.359 e. The van der Waals surface area contributed by atoms with Crippen LogP contribution >= 0.6 is 15.9 Å². The molecule has 2 heterocycles. The first-order valence-electron chi connectivity index (χ1n) is 4.06. The number of pyridine rings is 1. The molecule has 0 saturated carbocycles. The molecule has 78 valence electrons. The minimum atomic E-state index is -0.607. The lowest BCUT2D eigenvalue weighted by Gasteiger charge is -1.92. The van der Waals surface area contributed by atoms with Gasteiger partial charge in [0.05, 0.1) is 17.1 Å². The summed E-state index contributed by atoms with van der Waals surface area (Å²) in [6, 6.07) is 4.44. The molecule has 6 heteroatoms. The average Bonchev–Trinajstić information content (AvgIpc) is 2.57. The van der Waals surface area contributed by atoms with Crippen molar-refractivity contribution < 1.29 is 13.9 Å². The number of esters is 1. The van der Waals surface area contributed by atoms with Crippen LogP contribution in [0.2, 0.25) is 0 Å². The number of fused-ring (bicyclic) bond motifs is 1. The van der Waals surface area contributed by atoms with Crippen molar-refractivity contribution in [2.24, 2.45) is 0 Å². The van der Waals surface area contributed by atoms with Crippen molar-refractivity contribution in [1.29, 1.82) is 0 Å². The fourth-order valence-electron chi connectivity index (χ4n) is 1.24. The maximum absolute atomic E-state index is 13.3. The van der Waals surface area contributed by atoms with Gasteiger partial charge in [-0.25, -0.2) is 9.31 Å². The van der Waals surface area contributed by atoms with Crippen molar-refractivity contribution in [3.05, 3.63) is 34.3 Å². The highest BCUT2D eigenvalue weighted by atomic mass is 79.9. The molecular weight excluding hydrogens is 267 g/mol. The fraction of sp³-hybridized carbons (Fsp3) is 0.111. The van der Waals surface area contributed by atoms with E-state index in [1.54, 1.807) is 6.07 Å². The number of halogens is 2. The first kappa shape index (κ1) is 10.1. The maximum atomic E-state index is 13.3. The van der Waals surface area contributed by atoms with Crippen molar-refractivity contribution in [3.63, 3.8) is 0 Å². The topological polar surface area (TPSA) is 43.6 Å². The van der Waals surface area contributed by atoms with Crippen molar-refractivity contribution in [2.45, 2.75) is 0 Å². The predicted octanol–water partition coefficient (Wildman–Crippen LogP) is 2.02. The third-order valence-corrected chi connectivity index (χ3v) is 2.71. The highest BCUT2D eigenvalue weighted by Crippen LogP contribution is 2.23. The second kappa shape index (κ2) is 3.62. The number of hydrogen-bond donors (Lipinski definition) is 0. The maximum Gasteiger partial charge on any atom is 0.359 e. The van der Waals surface area contributed by atoms with Crippen molar-refractivity contribution in [2.75, 3.05) is 7.11 Å². The lowest BCUT2D eigenvalue weighted by molar-refractivity contribution is 0.0592. The van der Waals surface area contributed by atoms with Gasteiger partial charge in [0.1, 0.15) is 0 Å². The zero-order valence-electron chi connectivity index (χ0n) is 7.70. The molecule has 2 rings (SSSR count). The molecule has 0 bridgehead atoms. The first-order valence-corrected chi connectivity index (χ1v) is 4.85. The molecule has 0 aromatic carbocycles. The molecule has 0 aliphatic heterocycles. The summed E-state index contributed by atoms with van der Waals surface area (Å²) in [6.07, 6.45) is 0. The lowest BCUT2D eigenvalue weighted by Crippen LogP contribution is -2.03. The molecule has 0 spiro atoms. The highest BCUT2D eigenvalue weighted by Gasteiger charge is 2.18. The average molecular weight is 273 g/mol. The molecule has 0 radical (unpaired) electrons. The number of rotatable bonds is 1. The third kappa shape index (κ3) is 1.50. The van der Waals surface area contributed by atoms with Crippen molar-refractivity contribution >= 4 is 27.4 Å². The van der Waals surface area contributed by atoms with Crippen LogP contribution in [0, 0.1) is 5.95 Å². The van der Waals surface area contributed by atoms with E-state index < -0.39 is 11.9 Å². The van der Waals surface area contributed by atoms with E-state index in [0.29, 0.717) is 9.99 Å². The summed E-state index contributed by atoms with van der Waals surface area (Å²) in [5, 5.41) is 3.80. The van der Waals surface area contributed by atoms with Crippen LogP contribution < -0.4 is 0 Å². The van der Waals surface area contributed by atoms with Crippen LogP contribution in [0.15, 0.2) is 22.7 Å². The quantitative estimate of drug-likeness (QED) is 0.589. The summed E-state index contributed by atoms with van der Waals surface area (Å²) in [5.74, 6) is -1.15. The number of nitrogens with zero attached hydrogens (tertiary/aromatic N) is 2. The third-order valence-electron chi connectivity index (χ3n) is 1.93. The number of hydrogen-bond acceptors (Lipinski definition) is 3. The Morgan fingerprint density at radius 2 is 2.33 bits per heavy atom. The highest BCUT2D eigenvalue weighted by molar-refractivity contribution is 9.10. The number of carbonyl (C=O) groups is 1. The molecule has 0 N–H and O–H groups in total. The van der Waals surface area contributed by atoms with Gasteiger partial charge >= 0.3 is 5.97 Å². The molecule has 0 aliphatic carbocycles. The molecular formula is C9H6BrFN2O2. The van der Waals surface area contributed by atoms with E-state index in [1.807, 2.05) is 0 Å². The van der Waals surface area contributed by atoms with E-state index in [0.717, 1.165) is 4.52 Å². The number of ether oxygens (including phenoxy) is 1. The van der Waals surface area contributed by atoms with Crippen LogP contribution in [0.4, 0.5) is 4.39 Å². The Hall–Kier alpha value is -1.43. The second-order valence-corrected chi connectivity index (χ2v) is 3.59. The predicted molar refractivity (Wildman–Crippen MR) is 54.2 cm³/mol. The Bertz CT molecular complexity index is 538. The van der Waals surface area contributed by atoms with E-state index in [-0.39, 0.29) is 5.69 Å². The normalized spacial score (nSPS) is 10.6. The van der Waals surface area contributed by atoms with Crippen molar-refractivity contribution in [3.8, 4) is 0 Å². The molecule has 4 nitrogen and oxygen atoms in total. The Morgan fingerprint density at radius 3 is 2.93 bits per heavy atom. The standard InChI is InChI=1S/C9H6BrFN2O2/c1-15-9(14)8-7(10)5-3-2-4-6(11)13(5)12-8/h2-4H,1H3. The van der Waals surface area contributed by atoms with E-state index in [4.69, 9.17) is 0 Å². The van der Waals surface area contributed by atoms with E-state index in [2.05, 4.69) is 25.8 Å². The lowest BCUT2D eigenvalue weighted by atomic mass is 10.3. The largest absolute Gasteiger partial charge is 0.464 e. The summed E-state index contributed by atoms with van der Waals surface area (Å²) in [4.78, 5) is 11.3. The summed E-state index contributed by atoms with van der Waals surface area (Å²) in [7, 11) is 1.25. The van der Waals surface area contributed by atoms with Crippen LogP contribution in [-0.2, 0) is 4.74 Å². The molecule has 0 fully saturated rings. The van der Waals surface area contributed by atoms with Crippen LogP contribution in [0.25, 0.3) is 5.52 Å². The Labute approximate surface area is 92.8 Å². The fourth-order valence-corrected chi connectivity index (χ4v) is 1.78. The van der Waals surface area contributed by atoms with Gasteiger partial charge in [-0.1, -0.05) is 6.07 Å².